The van der Waals surface area contributed by atoms with Gasteiger partial charge in [0, 0.05) is 22.9 Å². The lowest BCUT2D eigenvalue weighted by molar-refractivity contribution is -0.119. The molecule has 1 aromatic rings. The van der Waals surface area contributed by atoms with Crippen LogP contribution in [0.5, 0.6) is 0 Å². The summed E-state index contributed by atoms with van der Waals surface area (Å²) in [5, 5.41) is 12.2. The first kappa shape index (κ1) is 14.9. The van der Waals surface area contributed by atoms with Crippen LogP contribution in [0.3, 0.4) is 0 Å². The molecule has 1 fully saturated rings. The van der Waals surface area contributed by atoms with Crippen molar-refractivity contribution in [2.45, 2.75) is 26.2 Å². The number of rotatable bonds is 4. The first-order valence-electron chi connectivity index (χ1n) is 6.82. The number of carbonyl (C=O) groups excluding carboxylic acids is 1. The molecule has 2 N–H and O–H groups in total. The molecule has 2 rings (SSSR count). The molecule has 0 spiro atoms. The summed E-state index contributed by atoms with van der Waals surface area (Å²) in [7, 11) is 0. The van der Waals surface area contributed by atoms with E-state index in [0.29, 0.717) is 23.0 Å². The number of aliphatic hydroxyl groups excluding tert-OH is 1. The van der Waals surface area contributed by atoms with E-state index in [1.165, 1.54) is 0 Å². The highest BCUT2D eigenvalue weighted by Gasteiger charge is 2.32. The number of halogens is 1. The van der Waals surface area contributed by atoms with Crippen molar-refractivity contribution in [3.63, 3.8) is 0 Å². The van der Waals surface area contributed by atoms with Crippen molar-refractivity contribution < 1.29 is 9.90 Å². The lowest BCUT2D eigenvalue weighted by Crippen LogP contribution is -2.22. The van der Waals surface area contributed by atoms with E-state index in [1.807, 2.05) is 6.92 Å². The molecular weight excluding hydrogens is 274 g/mol. The van der Waals surface area contributed by atoms with E-state index in [1.54, 1.807) is 18.2 Å². The average molecular weight is 292 g/mol. The van der Waals surface area contributed by atoms with Crippen LogP contribution in [-0.2, 0) is 4.79 Å². The molecule has 1 saturated carbocycles. The van der Waals surface area contributed by atoms with Crippen molar-refractivity contribution in [1.29, 1.82) is 0 Å². The molecule has 1 aromatic carbocycles. The molecule has 0 radical (unpaired) electrons. The van der Waals surface area contributed by atoms with Crippen LogP contribution in [0.1, 0.15) is 31.7 Å². The number of carbonyl (C=O) groups is 1. The van der Waals surface area contributed by atoms with Gasteiger partial charge in [0.1, 0.15) is 0 Å². The Hall–Kier alpha value is -1.50. The van der Waals surface area contributed by atoms with Crippen LogP contribution < -0.4 is 5.32 Å². The van der Waals surface area contributed by atoms with Crippen molar-refractivity contribution in [2.24, 2.45) is 11.8 Å². The molecule has 3 nitrogen and oxygen atoms in total. The maximum Gasteiger partial charge on any atom is 0.227 e. The molecular formula is C16H18ClNO2. The van der Waals surface area contributed by atoms with E-state index in [-0.39, 0.29) is 18.4 Å². The summed E-state index contributed by atoms with van der Waals surface area (Å²) in [5.41, 5.74) is 1.36. The Kier molecular flexibility index (Phi) is 5.05. The summed E-state index contributed by atoms with van der Waals surface area (Å²) < 4.78 is 0. The Labute approximate surface area is 124 Å². The fourth-order valence-electron chi connectivity index (χ4n) is 2.00. The molecule has 1 atom stereocenters. The van der Waals surface area contributed by atoms with Crippen LogP contribution in [0.2, 0.25) is 5.02 Å². The van der Waals surface area contributed by atoms with Crippen LogP contribution in [0, 0.1) is 23.7 Å². The molecule has 0 heterocycles. The quantitative estimate of drug-likeness (QED) is 0.838. The van der Waals surface area contributed by atoms with E-state index < -0.39 is 0 Å². The third-order valence-electron chi connectivity index (χ3n) is 3.44. The average Bonchev–Trinajstić information content (AvgIpc) is 3.25. The number of amides is 1. The van der Waals surface area contributed by atoms with Crippen molar-refractivity contribution in [2.75, 3.05) is 11.9 Å². The van der Waals surface area contributed by atoms with Crippen LogP contribution >= 0.6 is 11.6 Å². The van der Waals surface area contributed by atoms with Gasteiger partial charge in [-0.25, -0.2) is 0 Å². The Morgan fingerprint density at radius 3 is 2.95 bits per heavy atom. The summed E-state index contributed by atoms with van der Waals surface area (Å²) >= 11 is 5.98. The molecule has 4 heteroatoms. The highest BCUT2D eigenvalue weighted by atomic mass is 35.5. The smallest absolute Gasteiger partial charge is 0.227 e. The van der Waals surface area contributed by atoms with Gasteiger partial charge in [0.2, 0.25) is 5.91 Å². The fraction of sp³-hybridized carbons (Fsp3) is 0.438. The van der Waals surface area contributed by atoms with E-state index in [4.69, 9.17) is 16.7 Å². The minimum atomic E-state index is 0.0139. The standard InChI is InChI=1S/C16H18ClNO2/c1-11(12-5-6-12)16(20)18-15-10-14(17)8-7-13(15)4-2-3-9-19/h7-8,10-12,19H,3,5-6,9H2,1H3,(H,18,20). The fourth-order valence-corrected chi connectivity index (χ4v) is 2.17. The Morgan fingerprint density at radius 2 is 2.30 bits per heavy atom. The molecule has 1 aliphatic carbocycles. The lowest BCUT2D eigenvalue weighted by Gasteiger charge is -2.12. The van der Waals surface area contributed by atoms with Gasteiger partial charge in [-0.2, -0.15) is 0 Å². The number of aliphatic hydroxyl groups is 1. The molecule has 0 aromatic heterocycles. The predicted octanol–water partition coefficient (Wildman–Crippen LogP) is 3.06. The lowest BCUT2D eigenvalue weighted by atomic mass is 10.1. The second-order valence-corrected chi connectivity index (χ2v) is 5.52. The van der Waals surface area contributed by atoms with Crippen molar-refractivity contribution >= 4 is 23.2 Å². The summed E-state index contributed by atoms with van der Waals surface area (Å²) in [4.78, 5) is 12.1. The number of hydrogen-bond acceptors (Lipinski definition) is 2. The van der Waals surface area contributed by atoms with Crippen LogP contribution in [-0.4, -0.2) is 17.6 Å². The van der Waals surface area contributed by atoms with Gasteiger partial charge in [-0.1, -0.05) is 30.4 Å². The van der Waals surface area contributed by atoms with E-state index in [0.717, 1.165) is 18.4 Å². The minimum Gasteiger partial charge on any atom is -0.395 e. The minimum absolute atomic E-state index is 0.0139. The van der Waals surface area contributed by atoms with Gasteiger partial charge < -0.3 is 10.4 Å². The van der Waals surface area contributed by atoms with Crippen molar-refractivity contribution in [1.82, 2.24) is 0 Å². The summed E-state index contributed by atoms with van der Waals surface area (Å²) in [6.45, 7) is 1.98. The summed E-state index contributed by atoms with van der Waals surface area (Å²) in [5.74, 6) is 6.35. The largest absolute Gasteiger partial charge is 0.395 e. The van der Waals surface area contributed by atoms with Gasteiger partial charge in [-0.3, -0.25) is 4.79 Å². The number of anilines is 1. The van der Waals surface area contributed by atoms with Gasteiger partial charge >= 0.3 is 0 Å². The Balaban J connectivity index is 2.14. The van der Waals surface area contributed by atoms with Crippen LogP contribution in [0.25, 0.3) is 0 Å². The van der Waals surface area contributed by atoms with E-state index in [2.05, 4.69) is 17.2 Å². The van der Waals surface area contributed by atoms with Gasteiger partial charge in [-0.15, -0.1) is 0 Å². The van der Waals surface area contributed by atoms with Gasteiger partial charge in [0.25, 0.3) is 0 Å². The van der Waals surface area contributed by atoms with E-state index in [9.17, 15) is 4.79 Å². The third-order valence-corrected chi connectivity index (χ3v) is 3.68. The molecule has 106 valence electrons. The Bertz CT molecular complexity index is 555. The topological polar surface area (TPSA) is 49.3 Å². The van der Waals surface area contributed by atoms with Crippen molar-refractivity contribution in [3.05, 3.63) is 28.8 Å². The molecule has 0 aliphatic heterocycles. The zero-order chi connectivity index (χ0) is 14.5. The molecule has 0 saturated heterocycles. The van der Waals surface area contributed by atoms with Gasteiger partial charge in [-0.05, 0) is 37.0 Å². The maximum atomic E-state index is 12.1. The molecule has 1 aliphatic rings. The first-order valence-corrected chi connectivity index (χ1v) is 7.19. The SMILES string of the molecule is CC(C(=O)Nc1cc(Cl)ccc1C#CCCO)C1CC1. The zero-order valence-electron chi connectivity index (χ0n) is 11.4. The molecule has 1 unspecified atom stereocenters. The van der Waals surface area contributed by atoms with Gasteiger partial charge in [0.15, 0.2) is 0 Å². The first-order chi connectivity index (χ1) is 9.61. The molecule has 1 amide bonds. The highest BCUT2D eigenvalue weighted by Crippen LogP contribution is 2.37. The number of nitrogens with one attached hydrogen (secondary N) is 1. The normalized spacial score (nSPS) is 15.2. The highest BCUT2D eigenvalue weighted by molar-refractivity contribution is 6.31. The second kappa shape index (κ2) is 6.78. The number of benzene rings is 1. The predicted molar refractivity (Wildman–Crippen MR) is 80.6 cm³/mol. The zero-order valence-corrected chi connectivity index (χ0v) is 12.2. The van der Waals surface area contributed by atoms with Gasteiger partial charge in [0.05, 0.1) is 12.3 Å². The molecule has 0 bridgehead atoms. The van der Waals surface area contributed by atoms with Crippen molar-refractivity contribution in [3.8, 4) is 11.8 Å². The summed E-state index contributed by atoms with van der Waals surface area (Å²) in [6, 6.07) is 5.23. The second-order valence-electron chi connectivity index (χ2n) is 5.08. The maximum absolute atomic E-state index is 12.1. The third kappa shape index (κ3) is 4.00. The summed E-state index contributed by atoms with van der Waals surface area (Å²) in [6.07, 6.45) is 2.68. The Morgan fingerprint density at radius 1 is 1.55 bits per heavy atom. The molecule has 20 heavy (non-hydrogen) atoms. The van der Waals surface area contributed by atoms with E-state index >= 15 is 0 Å². The van der Waals surface area contributed by atoms with Crippen LogP contribution in [0.15, 0.2) is 18.2 Å². The monoisotopic (exact) mass is 291 g/mol. The van der Waals surface area contributed by atoms with Crippen LogP contribution in [0.4, 0.5) is 5.69 Å². The number of hydrogen-bond donors (Lipinski definition) is 2.